The van der Waals surface area contributed by atoms with Crippen molar-refractivity contribution < 1.29 is 19.4 Å². The molecule has 0 radical (unpaired) electrons. The van der Waals surface area contributed by atoms with Crippen LogP contribution in [0, 0.1) is 24.0 Å². The predicted molar refractivity (Wildman–Crippen MR) is 108 cm³/mol. The Balaban J connectivity index is 1.54. The Bertz CT molecular complexity index is 874. The fourth-order valence-corrected chi connectivity index (χ4v) is 3.47. The van der Waals surface area contributed by atoms with Crippen molar-refractivity contribution in [1.82, 2.24) is 9.78 Å². The Morgan fingerprint density at radius 1 is 1.28 bits per heavy atom. The summed E-state index contributed by atoms with van der Waals surface area (Å²) >= 11 is 0. The van der Waals surface area contributed by atoms with Gasteiger partial charge in [-0.3, -0.25) is 14.9 Å². The first-order chi connectivity index (χ1) is 13.8. The Labute approximate surface area is 169 Å². The van der Waals surface area contributed by atoms with Crippen LogP contribution < -0.4 is 15.1 Å². The molecular weight excluding hydrogens is 376 g/mol. The molecule has 1 aromatic carbocycles. The van der Waals surface area contributed by atoms with E-state index in [0.717, 1.165) is 42.6 Å². The summed E-state index contributed by atoms with van der Waals surface area (Å²) in [4.78, 5) is 26.2. The van der Waals surface area contributed by atoms with Crippen LogP contribution in [0.15, 0.2) is 24.3 Å². The van der Waals surface area contributed by atoms with Gasteiger partial charge in [0.1, 0.15) is 11.4 Å². The molecule has 3 rings (SSSR count). The van der Waals surface area contributed by atoms with E-state index in [0.29, 0.717) is 18.1 Å². The number of benzene rings is 1. The highest BCUT2D eigenvalue weighted by molar-refractivity contribution is 5.91. The summed E-state index contributed by atoms with van der Waals surface area (Å²) in [6, 6.07) is 7.77. The zero-order valence-corrected chi connectivity index (χ0v) is 17.0. The van der Waals surface area contributed by atoms with Gasteiger partial charge in [-0.15, -0.1) is 0 Å². The molecule has 10 nitrogen and oxygen atoms in total. The highest BCUT2D eigenvalue weighted by Crippen LogP contribution is 2.21. The zero-order chi connectivity index (χ0) is 21.0. The summed E-state index contributed by atoms with van der Waals surface area (Å²) in [5, 5.41) is 18.2. The minimum Gasteiger partial charge on any atom is -0.378 e. The highest BCUT2D eigenvalue weighted by atomic mass is 16.6. The minimum atomic E-state index is -0.420. The number of nitro groups is 1. The zero-order valence-electron chi connectivity index (χ0n) is 17.0. The maximum Gasteiger partial charge on any atom is 0.312 e. The van der Waals surface area contributed by atoms with Gasteiger partial charge in [0.05, 0.1) is 25.2 Å². The van der Waals surface area contributed by atoms with Gasteiger partial charge < -0.3 is 19.9 Å². The summed E-state index contributed by atoms with van der Waals surface area (Å²) in [6.45, 7) is 7.06. The van der Waals surface area contributed by atoms with Crippen LogP contribution in [0.1, 0.15) is 11.4 Å². The number of hydrogen-bond donors (Lipinski definition) is 2. The van der Waals surface area contributed by atoms with Crippen LogP contribution >= 0.6 is 0 Å². The SMILES string of the molecule is Cc1nn(C[NH+](C)CC(=O)Nc2ccc(N3CCOCC3)cc2)c(C)c1[N+](=O)[O-]. The van der Waals surface area contributed by atoms with Crippen molar-refractivity contribution >= 4 is 23.0 Å². The number of aromatic nitrogens is 2. The second kappa shape index (κ2) is 9.01. The molecule has 2 N–H and O–H groups in total. The maximum absolute atomic E-state index is 12.4. The molecule has 1 atom stereocenters. The van der Waals surface area contributed by atoms with Crippen LogP contribution in [0.5, 0.6) is 0 Å². The van der Waals surface area contributed by atoms with Gasteiger partial charge in [-0.25, -0.2) is 4.68 Å². The molecule has 1 unspecified atom stereocenters. The van der Waals surface area contributed by atoms with E-state index in [-0.39, 0.29) is 18.1 Å². The van der Waals surface area contributed by atoms with Crippen molar-refractivity contribution in [3.8, 4) is 0 Å². The van der Waals surface area contributed by atoms with Crippen molar-refractivity contribution in [3.05, 3.63) is 45.8 Å². The van der Waals surface area contributed by atoms with Crippen molar-refractivity contribution in [2.45, 2.75) is 20.5 Å². The number of nitrogens with one attached hydrogen (secondary N) is 2. The minimum absolute atomic E-state index is 0.0302. The van der Waals surface area contributed by atoms with Crippen LogP contribution in [-0.2, 0) is 16.2 Å². The normalized spacial score (nSPS) is 15.2. The fraction of sp³-hybridized carbons (Fsp3) is 0.474. The van der Waals surface area contributed by atoms with Crippen molar-refractivity contribution in [2.75, 3.05) is 50.1 Å². The van der Waals surface area contributed by atoms with Crippen LogP contribution in [0.3, 0.4) is 0 Å². The van der Waals surface area contributed by atoms with Gasteiger partial charge in [0.2, 0.25) is 0 Å². The van der Waals surface area contributed by atoms with E-state index in [2.05, 4.69) is 15.3 Å². The van der Waals surface area contributed by atoms with Gasteiger partial charge in [-0.2, -0.15) is 5.10 Å². The molecule has 1 aliphatic rings. The van der Waals surface area contributed by atoms with E-state index in [9.17, 15) is 14.9 Å². The van der Waals surface area contributed by atoms with Crippen LogP contribution in [0.2, 0.25) is 0 Å². The third-order valence-electron chi connectivity index (χ3n) is 4.94. The van der Waals surface area contributed by atoms with Gasteiger partial charge in [0.15, 0.2) is 13.2 Å². The summed E-state index contributed by atoms with van der Waals surface area (Å²) < 4.78 is 6.94. The molecule has 0 saturated carbocycles. The predicted octanol–water partition coefficient (Wildman–Crippen LogP) is 0.356. The Hall–Kier alpha value is -2.98. The van der Waals surface area contributed by atoms with Gasteiger partial charge in [0.25, 0.3) is 5.91 Å². The number of hydrogen-bond acceptors (Lipinski definition) is 6. The average molecular weight is 403 g/mol. The smallest absolute Gasteiger partial charge is 0.312 e. The Kier molecular flexibility index (Phi) is 6.45. The number of likely N-dealkylation sites (N-methyl/N-ethyl adjacent to an activating group) is 1. The standard InChI is InChI=1S/C19H26N6O4/c1-14-19(25(27)28)15(2)24(21-14)13-22(3)12-18(26)20-16-4-6-17(7-5-16)23-8-10-29-11-9-23/h4-7H,8-13H2,1-3H3,(H,20,26)/p+1. The molecule has 29 heavy (non-hydrogen) atoms. The van der Waals surface area contributed by atoms with Crippen molar-refractivity contribution in [2.24, 2.45) is 0 Å². The van der Waals surface area contributed by atoms with Gasteiger partial charge in [0, 0.05) is 24.5 Å². The molecule has 2 aromatic rings. The summed E-state index contributed by atoms with van der Waals surface area (Å²) in [6.07, 6.45) is 0. The lowest BCUT2D eigenvalue weighted by atomic mass is 10.2. The van der Waals surface area contributed by atoms with E-state index in [1.165, 1.54) is 0 Å². The highest BCUT2D eigenvalue weighted by Gasteiger charge is 2.23. The Morgan fingerprint density at radius 2 is 1.93 bits per heavy atom. The van der Waals surface area contributed by atoms with E-state index in [4.69, 9.17) is 4.74 Å². The molecule has 2 heterocycles. The number of amides is 1. The molecule has 0 spiro atoms. The van der Waals surface area contributed by atoms with E-state index >= 15 is 0 Å². The molecule has 1 amide bonds. The Morgan fingerprint density at radius 3 is 2.52 bits per heavy atom. The van der Waals surface area contributed by atoms with Gasteiger partial charge in [-0.1, -0.05) is 0 Å². The van der Waals surface area contributed by atoms with Crippen LogP contribution in [-0.4, -0.2) is 60.5 Å². The van der Waals surface area contributed by atoms with E-state index in [1.54, 1.807) is 18.5 Å². The number of rotatable bonds is 7. The average Bonchev–Trinajstić information content (AvgIpc) is 2.96. The van der Waals surface area contributed by atoms with Gasteiger partial charge >= 0.3 is 5.69 Å². The van der Waals surface area contributed by atoms with Crippen LogP contribution in [0.4, 0.5) is 17.1 Å². The first-order valence-corrected chi connectivity index (χ1v) is 9.57. The topological polar surface area (TPSA) is 107 Å². The molecule has 0 aliphatic carbocycles. The molecule has 1 aliphatic heterocycles. The lowest BCUT2D eigenvalue weighted by Crippen LogP contribution is -3.09. The molecule has 0 bridgehead atoms. The number of ether oxygens (including phenoxy) is 1. The summed E-state index contributed by atoms with van der Waals surface area (Å²) in [5.41, 5.74) is 2.75. The molecule has 156 valence electrons. The largest absolute Gasteiger partial charge is 0.378 e. The quantitative estimate of drug-likeness (QED) is 0.511. The fourth-order valence-electron chi connectivity index (χ4n) is 3.47. The second-order valence-corrected chi connectivity index (χ2v) is 7.26. The van der Waals surface area contributed by atoms with Crippen LogP contribution in [0.25, 0.3) is 0 Å². The van der Waals surface area contributed by atoms with E-state index in [1.807, 2.05) is 31.3 Å². The van der Waals surface area contributed by atoms with Gasteiger partial charge in [-0.05, 0) is 38.1 Å². The summed E-state index contributed by atoms with van der Waals surface area (Å²) in [5.74, 6) is -0.127. The monoisotopic (exact) mass is 403 g/mol. The third kappa shape index (κ3) is 5.09. The lowest BCUT2D eigenvalue weighted by Gasteiger charge is -2.28. The molecule has 10 heteroatoms. The number of aryl methyl sites for hydroxylation is 1. The number of carbonyl (C=O) groups is 1. The molecule has 1 saturated heterocycles. The molecule has 1 fully saturated rings. The number of anilines is 2. The third-order valence-corrected chi connectivity index (χ3v) is 4.94. The number of morpholine rings is 1. The number of carbonyl (C=O) groups excluding carboxylic acids is 1. The number of quaternary nitrogens is 1. The van der Waals surface area contributed by atoms with Crippen molar-refractivity contribution in [3.63, 3.8) is 0 Å². The summed E-state index contributed by atoms with van der Waals surface area (Å²) in [7, 11) is 1.85. The molecule has 1 aromatic heterocycles. The first-order valence-electron chi connectivity index (χ1n) is 9.57. The van der Waals surface area contributed by atoms with Crippen molar-refractivity contribution in [1.29, 1.82) is 0 Å². The first kappa shape index (κ1) is 20.7. The lowest BCUT2D eigenvalue weighted by molar-refractivity contribution is -0.895. The molecular formula is C19H27N6O4+. The second-order valence-electron chi connectivity index (χ2n) is 7.26. The maximum atomic E-state index is 12.4. The number of nitrogens with zero attached hydrogens (tertiary/aromatic N) is 4. The van der Waals surface area contributed by atoms with E-state index < -0.39 is 4.92 Å².